The van der Waals surface area contributed by atoms with Crippen molar-refractivity contribution in [3.05, 3.63) is 0 Å². The number of halogens is 1. The molecular formula is C6H11BrMgO2. The third kappa shape index (κ3) is 3.53. The molecule has 2 nitrogen and oxygen atoms in total. The molecule has 0 aliphatic carbocycles. The molecule has 0 amide bonds. The van der Waals surface area contributed by atoms with Crippen LogP contribution < -0.4 is 0 Å². The molecule has 0 N–H and O–H groups in total. The predicted molar refractivity (Wildman–Crippen MR) is 44.2 cm³/mol. The van der Waals surface area contributed by atoms with Crippen LogP contribution >= 0.6 is 12.9 Å². The Morgan fingerprint density at radius 2 is 2.50 bits per heavy atom. The molecule has 1 heterocycles. The standard InChI is InChI=1S/C6H11O2.BrH.Mg/c1-7-6-4-2-3-5-8-6;;/h6H,1-5H2;1H;/q;;+1/p-1. The summed E-state index contributed by atoms with van der Waals surface area (Å²) in [7, 11) is 0. The average molecular weight is 219 g/mol. The van der Waals surface area contributed by atoms with Crippen molar-refractivity contribution in [2.45, 2.75) is 25.6 Å². The van der Waals surface area contributed by atoms with E-state index in [9.17, 15) is 0 Å². The first-order valence-electron chi connectivity index (χ1n) is 3.72. The molecule has 0 aromatic carbocycles. The molecule has 0 aromatic rings. The lowest BCUT2D eigenvalue weighted by Gasteiger charge is -2.22. The third-order valence-corrected chi connectivity index (χ3v) is 2.88. The van der Waals surface area contributed by atoms with E-state index in [1.165, 1.54) is 12.8 Å². The highest BCUT2D eigenvalue weighted by Gasteiger charge is 2.12. The van der Waals surface area contributed by atoms with Gasteiger partial charge >= 0.3 is 18.2 Å². The summed E-state index contributed by atoms with van der Waals surface area (Å²) in [5.41, 5.74) is 0. The fourth-order valence-corrected chi connectivity index (χ4v) is 1.93. The number of hydrogen-bond acceptors (Lipinski definition) is 2. The summed E-state index contributed by atoms with van der Waals surface area (Å²) in [6.07, 6.45) is 3.65. The highest BCUT2D eigenvalue weighted by atomic mass is 79.9. The van der Waals surface area contributed by atoms with Gasteiger partial charge in [-0.2, -0.15) is 0 Å². The maximum atomic E-state index is 5.42. The van der Waals surface area contributed by atoms with E-state index in [0.29, 0.717) is 0 Å². The van der Waals surface area contributed by atoms with E-state index in [2.05, 4.69) is 12.9 Å². The molecule has 1 aliphatic heterocycles. The zero-order valence-electron chi connectivity index (χ0n) is 6.01. The second kappa shape index (κ2) is 5.77. The molecule has 0 radical (unpaired) electrons. The maximum Gasteiger partial charge on any atom is 0.503 e. The predicted octanol–water partition coefficient (Wildman–Crippen LogP) is 1.50. The van der Waals surface area contributed by atoms with E-state index < -0.39 is 0 Å². The van der Waals surface area contributed by atoms with Gasteiger partial charge in [-0.05, 0) is 24.0 Å². The molecule has 1 unspecified atom stereocenters. The lowest BCUT2D eigenvalue weighted by Crippen LogP contribution is -2.23. The summed E-state index contributed by atoms with van der Waals surface area (Å²) in [5, 5.41) is 0. The van der Waals surface area contributed by atoms with Crippen molar-refractivity contribution in [1.82, 2.24) is 0 Å². The lowest BCUT2D eigenvalue weighted by atomic mass is 10.2. The van der Waals surface area contributed by atoms with Gasteiger partial charge in [-0.25, -0.2) is 0 Å². The van der Waals surface area contributed by atoms with Crippen molar-refractivity contribution in [2.75, 3.05) is 11.3 Å². The van der Waals surface area contributed by atoms with Gasteiger partial charge in [0, 0.05) is 6.61 Å². The molecule has 1 atom stereocenters. The van der Waals surface area contributed by atoms with Crippen LogP contribution in [-0.4, -0.2) is 35.8 Å². The van der Waals surface area contributed by atoms with Gasteiger partial charge in [0.1, 0.15) is 0 Å². The topological polar surface area (TPSA) is 18.5 Å². The van der Waals surface area contributed by atoms with Gasteiger partial charge in [-0.15, -0.1) is 0 Å². The minimum atomic E-state index is -0.121. The molecule has 0 spiro atoms. The van der Waals surface area contributed by atoms with E-state index in [1.54, 1.807) is 0 Å². The van der Waals surface area contributed by atoms with Crippen LogP contribution in [0.3, 0.4) is 0 Å². The van der Waals surface area contributed by atoms with Crippen molar-refractivity contribution in [3.8, 4) is 0 Å². The van der Waals surface area contributed by atoms with E-state index in [1.807, 2.05) is 0 Å². The molecule has 0 saturated carbocycles. The van der Waals surface area contributed by atoms with Gasteiger partial charge < -0.3 is 22.4 Å². The monoisotopic (exact) mass is 218 g/mol. The molecule has 1 saturated heterocycles. The molecule has 0 bridgehead atoms. The van der Waals surface area contributed by atoms with Gasteiger partial charge in [0.15, 0.2) is 6.29 Å². The molecule has 56 valence electrons. The maximum absolute atomic E-state index is 5.42. The van der Waals surface area contributed by atoms with Gasteiger partial charge in [0.05, 0.1) is 0 Å². The minimum absolute atomic E-state index is 0.110. The van der Waals surface area contributed by atoms with Crippen LogP contribution in [0.15, 0.2) is 0 Å². The lowest BCUT2D eigenvalue weighted by molar-refractivity contribution is -0.151. The first-order valence-corrected chi connectivity index (χ1v) is 8.62. The summed E-state index contributed by atoms with van der Waals surface area (Å²) in [5.74, 6) is 0. The Morgan fingerprint density at radius 3 is 3.10 bits per heavy atom. The van der Waals surface area contributed by atoms with Crippen molar-refractivity contribution < 1.29 is 9.47 Å². The highest BCUT2D eigenvalue weighted by Crippen LogP contribution is 2.13. The summed E-state index contributed by atoms with van der Waals surface area (Å²) in [6.45, 7) is 0.883. The molecule has 4 heteroatoms. The Morgan fingerprint density at radius 1 is 1.60 bits per heavy atom. The quantitative estimate of drug-likeness (QED) is 0.670. The summed E-state index contributed by atoms with van der Waals surface area (Å²) < 4.78 is 11.7. The first-order chi connectivity index (χ1) is 4.93. The second-order valence-electron chi connectivity index (χ2n) is 2.36. The molecule has 0 aromatic heterocycles. The van der Waals surface area contributed by atoms with Crippen molar-refractivity contribution in [3.63, 3.8) is 0 Å². The molecular weight excluding hydrogens is 208 g/mol. The number of rotatable bonds is 3. The Labute approximate surface area is 77.2 Å². The molecule has 1 aliphatic rings. The SMILES string of the molecule is [Br][Mg][CH2]OC1CCCCO1. The van der Waals surface area contributed by atoms with Crippen LogP contribution in [-0.2, 0) is 9.47 Å². The highest BCUT2D eigenvalue weighted by molar-refractivity contribution is 9.23. The van der Waals surface area contributed by atoms with Crippen molar-refractivity contribution >= 4 is 31.1 Å². The Bertz CT molecular complexity index is 85.8. The largest absolute Gasteiger partial charge is 0.503 e. The minimum Gasteiger partial charge on any atom is -0.379 e. The van der Waals surface area contributed by atoms with Crippen molar-refractivity contribution in [1.29, 1.82) is 0 Å². The van der Waals surface area contributed by atoms with Gasteiger partial charge in [-0.3, -0.25) is 0 Å². The van der Waals surface area contributed by atoms with Crippen molar-refractivity contribution in [2.24, 2.45) is 0 Å². The summed E-state index contributed by atoms with van der Waals surface area (Å²) in [6, 6.07) is 0. The number of hydrogen-bond donors (Lipinski definition) is 0. The molecule has 1 fully saturated rings. The van der Waals surface area contributed by atoms with Crippen LogP contribution in [0.4, 0.5) is 0 Å². The number of ether oxygens (including phenoxy) is 2. The smallest absolute Gasteiger partial charge is 0.379 e. The fourth-order valence-electron chi connectivity index (χ4n) is 1.02. The van der Waals surface area contributed by atoms with Crippen LogP contribution in [0.1, 0.15) is 19.3 Å². The summed E-state index contributed by atoms with van der Waals surface area (Å²) in [4.78, 5) is 0. The fraction of sp³-hybridized carbons (Fsp3) is 1.00. The summed E-state index contributed by atoms with van der Waals surface area (Å²) >= 11 is 3.31. The Kier molecular flexibility index (Phi) is 5.34. The van der Waals surface area contributed by atoms with Gasteiger partial charge in [0.25, 0.3) is 0 Å². The van der Waals surface area contributed by atoms with Gasteiger partial charge in [0.2, 0.25) is 0 Å². The zero-order chi connectivity index (χ0) is 7.23. The van der Waals surface area contributed by atoms with E-state index >= 15 is 0 Å². The third-order valence-electron chi connectivity index (χ3n) is 1.52. The van der Waals surface area contributed by atoms with Crippen LogP contribution in [0, 0.1) is 0 Å². The molecule has 1 rings (SSSR count). The molecule has 10 heavy (non-hydrogen) atoms. The second-order valence-corrected chi connectivity index (χ2v) is 5.52. The first kappa shape index (κ1) is 9.26. The van der Waals surface area contributed by atoms with E-state index in [-0.39, 0.29) is 24.5 Å². The van der Waals surface area contributed by atoms with Crippen LogP contribution in [0.2, 0.25) is 0 Å². The van der Waals surface area contributed by atoms with E-state index in [0.717, 1.165) is 17.8 Å². The zero-order valence-corrected chi connectivity index (χ0v) is 9.01. The van der Waals surface area contributed by atoms with Gasteiger partial charge in [-0.1, -0.05) is 0 Å². The van der Waals surface area contributed by atoms with E-state index in [4.69, 9.17) is 9.47 Å². The van der Waals surface area contributed by atoms with Crippen LogP contribution in [0.25, 0.3) is 0 Å². The normalized spacial score (nSPS) is 25.9. The Balaban J connectivity index is 2.02. The Hall–Kier alpha value is 1.17. The average Bonchev–Trinajstić information content (AvgIpc) is 2.03. The van der Waals surface area contributed by atoms with Crippen LogP contribution in [0.5, 0.6) is 0 Å².